The van der Waals surface area contributed by atoms with Crippen LogP contribution in [0.3, 0.4) is 0 Å². The second-order valence-corrected chi connectivity index (χ2v) is 4.50. The van der Waals surface area contributed by atoms with Gasteiger partial charge in [0, 0.05) is 11.6 Å². The smallest absolute Gasteiger partial charge is 0.417 e. The molecule has 5 heteroatoms. The number of carbonyl (C=O) groups is 2. The standard InChI is InChI=1S/C13H14N2O3/c1-8-3-4-9(2)11(7-8)15-12(16)6-5-10(14-15)13(17)18/h3-4,7,10H,5-6H2,1-2H3/p+1. The van der Waals surface area contributed by atoms with E-state index in [1.165, 1.54) is 4.70 Å². The lowest BCUT2D eigenvalue weighted by atomic mass is 10.1. The minimum atomic E-state index is -0.988. The van der Waals surface area contributed by atoms with E-state index in [0.29, 0.717) is 5.69 Å². The average Bonchev–Trinajstić information content (AvgIpc) is 2.33. The summed E-state index contributed by atoms with van der Waals surface area (Å²) in [6.45, 7) is 3.80. The maximum absolute atomic E-state index is 11.9. The lowest BCUT2D eigenvalue weighted by molar-refractivity contribution is -0.444. The highest BCUT2D eigenvalue weighted by atomic mass is 16.4. The van der Waals surface area contributed by atoms with Crippen LogP contribution in [0.1, 0.15) is 24.0 Å². The van der Waals surface area contributed by atoms with Gasteiger partial charge < -0.3 is 5.11 Å². The van der Waals surface area contributed by atoms with Crippen LogP contribution >= 0.6 is 0 Å². The summed E-state index contributed by atoms with van der Waals surface area (Å²) in [5.74, 6) is -1.14. The van der Waals surface area contributed by atoms with Crippen molar-refractivity contribution in [3.05, 3.63) is 29.3 Å². The van der Waals surface area contributed by atoms with E-state index in [1.54, 1.807) is 0 Å². The molecule has 0 saturated heterocycles. The highest BCUT2D eigenvalue weighted by Crippen LogP contribution is 2.24. The van der Waals surface area contributed by atoms with Gasteiger partial charge in [0.15, 0.2) is 0 Å². The molecule has 0 aliphatic carbocycles. The molecule has 0 fully saturated rings. The molecule has 0 spiro atoms. The van der Waals surface area contributed by atoms with E-state index in [9.17, 15) is 9.59 Å². The van der Waals surface area contributed by atoms with Crippen LogP contribution in [0.5, 0.6) is 0 Å². The van der Waals surface area contributed by atoms with Crippen LogP contribution in [0.4, 0.5) is 5.69 Å². The van der Waals surface area contributed by atoms with E-state index < -0.39 is 12.0 Å². The number of carboxylic acid groups (broad SMARTS) is 1. The van der Waals surface area contributed by atoms with Gasteiger partial charge in [-0.3, -0.25) is 0 Å². The van der Waals surface area contributed by atoms with Crippen molar-refractivity contribution in [2.24, 2.45) is 5.11 Å². The summed E-state index contributed by atoms with van der Waals surface area (Å²) in [6, 6.07) is 4.86. The first-order chi connectivity index (χ1) is 8.49. The number of carboxylic acids is 1. The van der Waals surface area contributed by atoms with Crippen LogP contribution in [0.25, 0.3) is 0 Å². The first-order valence-electron chi connectivity index (χ1n) is 5.83. The molecular formula is C13H15N2O3+. The molecule has 1 heterocycles. The maximum Gasteiger partial charge on any atom is 0.417 e. The number of nitrogens with zero attached hydrogens (tertiary/aromatic N) is 2. The van der Waals surface area contributed by atoms with E-state index in [-0.39, 0.29) is 18.7 Å². The highest BCUT2D eigenvalue weighted by molar-refractivity contribution is 5.77. The molecule has 94 valence electrons. The molecule has 1 unspecified atom stereocenters. The molecule has 1 aromatic rings. The third kappa shape index (κ3) is 2.30. The highest BCUT2D eigenvalue weighted by Gasteiger charge is 2.35. The first-order valence-corrected chi connectivity index (χ1v) is 5.83. The summed E-state index contributed by atoms with van der Waals surface area (Å²) in [6.07, 6.45) is 0.489. The van der Waals surface area contributed by atoms with Crippen molar-refractivity contribution in [2.45, 2.75) is 32.7 Å². The number of azo groups is 2. The molecule has 1 aromatic carbocycles. The van der Waals surface area contributed by atoms with Gasteiger partial charge in [0.05, 0.1) is 6.42 Å². The van der Waals surface area contributed by atoms with Gasteiger partial charge in [-0.05, 0) is 35.6 Å². The molecule has 0 bridgehead atoms. The normalized spacial score (nSPS) is 19.6. The summed E-state index contributed by atoms with van der Waals surface area (Å²) in [5, 5.41) is 13.0. The predicted molar refractivity (Wildman–Crippen MR) is 63.9 cm³/mol. The fourth-order valence-electron chi connectivity index (χ4n) is 1.94. The molecular weight excluding hydrogens is 232 g/mol. The minimum absolute atomic E-state index is 0.152. The zero-order valence-corrected chi connectivity index (χ0v) is 10.4. The molecule has 1 aliphatic heterocycles. The largest absolute Gasteiger partial charge is 0.479 e. The van der Waals surface area contributed by atoms with Crippen molar-refractivity contribution in [2.75, 3.05) is 0 Å². The van der Waals surface area contributed by atoms with Crippen molar-refractivity contribution >= 4 is 17.6 Å². The first kappa shape index (κ1) is 12.4. The fourth-order valence-corrected chi connectivity index (χ4v) is 1.94. The molecule has 18 heavy (non-hydrogen) atoms. The van der Waals surface area contributed by atoms with Gasteiger partial charge in [-0.25, -0.2) is 9.59 Å². The number of benzene rings is 1. The van der Waals surface area contributed by atoms with Crippen LogP contribution in [0.15, 0.2) is 23.3 Å². The van der Waals surface area contributed by atoms with Crippen LogP contribution in [-0.2, 0) is 9.59 Å². The lowest BCUT2D eigenvalue weighted by Crippen LogP contribution is -2.30. The van der Waals surface area contributed by atoms with Gasteiger partial charge in [0.2, 0.25) is 11.7 Å². The van der Waals surface area contributed by atoms with Crippen molar-refractivity contribution in [1.82, 2.24) is 0 Å². The Morgan fingerprint density at radius 3 is 2.83 bits per heavy atom. The molecule has 2 rings (SSSR count). The third-order valence-electron chi connectivity index (χ3n) is 3.00. The number of aryl methyl sites for hydroxylation is 2. The summed E-state index contributed by atoms with van der Waals surface area (Å²) >= 11 is 0. The lowest BCUT2D eigenvalue weighted by Gasteiger charge is -2.10. The Bertz CT molecular complexity index is 549. The summed E-state index contributed by atoms with van der Waals surface area (Å²) in [5.41, 5.74) is 2.59. The zero-order valence-electron chi connectivity index (χ0n) is 10.4. The third-order valence-corrected chi connectivity index (χ3v) is 3.00. The van der Waals surface area contributed by atoms with E-state index >= 15 is 0 Å². The molecule has 1 aliphatic rings. The summed E-state index contributed by atoms with van der Waals surface area (Å²) in [4.78, 5) is 22.8. The number of hydrogen-bond donors (Lipinski definition) is 1. The van der Waals surface area contributed by atoms with Crippen molar-refractivity contribution in [3.63, 3.8) is 0 Å². The van der Waals surface area contributed by atoms with E-state index in [1.807, 2.05) is 32.0 Å². The maximum atomic E-state index is 11.9. The molecule has 0 saturated carbocycles. The zero-order chi connectivity index (χ0) is 13.3. The van der Waals surface area contributed by atoms with Crippen LogP contribution in [0.2, 0.25) is 0 Å². The van der Waals surface area contributed by atoms with Gasteiger partial charge in [0.1, 0.15) is 0 Å². The van der Waals surface area contributed by atoms with Crippen molar-refractivity contribution in [3.8, 4) is 0 Å². The number of aliphatic carboxylic acids is 1. The van der Waals surface area contributed by atoms with Gasteiger partial charge in [-0.15, -0.1) is 0 Å². The summed E-state index contributed by atoms with van der Waals surface area (Å²) in [7, 11) is 0. The van der Waals surface area contributed by atoms with Crippen LogP contribution in [-0.4, -0.2) is 27.7 Å². The fraction of sp³-hybridized carbons (Fsp3) is 0.385. The average molecular weight is 247 g/mol. The molecule has 0 radical (unpaired) electrons. The Morgan fingerprint density at radius 1 is 1.44 bits per heavy atom. The summed E-state index contributed by atoms with van der Waals surface area (Å²) < 4.78 is 1.24. The number of rotatable bonds is 2. The predicted octanol–water partition coefficient (Wildman–Crippen LogP) is 2.17. The van der Waals surface area contributed by atoms with Crippen LogP contribution in [0, 0.1) is 13.8 Å². The Balaban J connectivity index is 2.49. The van der Waals surface area contributed by atoms with E-state index in [4.69, 9.17) is 5.11 Å². The SMILES string of the molecule is Cc1ccc(C)c([N+]2=NC(C(=O)O)CCC2=O)c1. The Hall–Kier alpha value is -2.04. The van der Waals surface area contributed by atoms with Gasteiger partial charge >= 0.3 is 11.9 Å². The molecule has 1 amide bonds. The van der Waals surface area contributed by atoms with E-state index in [0.717, 1.165) is 11.1 Å². The second-order valence-electron chi connectivity index (χ2n) is 4.50. The number of hydrogen-bond acceptors (Lipinski definition) is 3. The molecule has 0 aromatic heterocycles. The monoisotopic (exact) mass is 247 g/mol. The van der Waals surface area contributed by atoms with Gasteiger partial charge in [0.25, 0.3) is 0 Å². The number of carbonyl (C=O) groups excluding carboxylic acids is 1. The Labute approximate surface area is 105 Å². The molecule has 1 N–H and O–H groups in total. The topological polar surface area (TPSA) is 69.7 Å². The van der Waals surface area contributed by atoms with Crippen LogP contribution < -0.4 is 0 Å². The second kappa shape index (κ2) is 4.68. The van der Waals surface area contributed by atoms with Crippen molar-refractivity contribution in [1.29, 1.82) is 0 Å². The van der Waals surface area contributed by atoms with E-state index in [2.05, 4.69) is 5.11 Å². The molecule has 5 nitrogen and oxygen atoms in total. The van der Waals surface area contributed by atoms with Gasteiger partial charge in [-0.2, -0.15) is 0 Å². The number of amides is 1. The Morgan fingerprint density at radius 2 is 2.17 bits per heavy atom. The Kier molecular flexibility index (Phi) is 3.23. The van der Waals surface area contributed by atoms with Crippen molar-refractivity contribution < 1.29 is 19.4 Å². The molecule has 1 atom stereocenters. The minimum Gasteiger partial charge on any atom is -0.479 e. The quantitative estimate of drug-likeness (QED) is 0.814. The van der Waals surface area contributed by atoms with Gasteiger partial charge in [-0.1, -0.05) is 12.1 Å².